The zero-order valence-corrected chi connectivity index (χ0v) is 31.2. The van der Waals surface area contributed by atoms with Crippen molar-refractivity contribution in [2.24, 2.45) is 0 Å². The van der Waals surface area contributed by atoms with Crippen LogP contribution < -0.4 is 4.90 Å². The van der Waals surface area contributed by atoms with Crippen LogP contribution in [0.4, 0.5) is 17.1 Å². The summed E-state index contributed by atoms with van der Waals surface area (Å²) in [7, 11) is 0. The van der Waals surface area contributed by atoms with E-state index in [1.807, 2.05) is 55.0 Å². The fraction of sp³-hybridized carbons (Fsp3) is 0. The van der Waals surface area contributed by atoms with Gasteiger partial charge in [0.2, 0.25) is 0 Å². The van der Waals surface area contributed by atoms with Crippen molar-refractivity contribution in [2.45, 2.75) is 0 Å². The van der Waals surface area contributed by atoms with Gasteiger partial charge in [-0.2, -0.15) is 5.26 Å². The highest BCUT2D eigenvalue weighted by Gasteiger charge is 2.19. The number of nitrogens with zero attached hydrogens (tertiary/aromatic N) is 6. The van der Waals surface area contributed by atoms with Crippen LogP contribution in [0.5, 0.6) is 0 Å². The standard InChI is InChI=1S/C52H32N6/c53-31-34-14-20-40(21-15-34)57(41-22-16-35(17-23-41)44-12-4-8-37-9-6-30-54-52(37)44)42-24-28-47(56-33-42)46-27-19-38(32-55-46)43-26-29-49-51-45(43)25-18-36-7-5-13-48(50(36)51)58(49)39-10-2-1-3-11-39/h1-30,32-33H. The van der Waals surface area contributed by atoms with Gasteiger partial charge in [-0.25, -0.2) is 0 Å². The Kier molecular flexibility index (Phi) is 7.76. The lowest BCUT2D eigenvalue weighted by atomic mass is 9.95. The zero-order chi connectivity index (χ0) is 38.6. The highest BCUT2D eigenvalue weighted by molar-refractivity contribution is 6.26. The van der Waals surface area contributed by atoms with E-state index in [4.69, 9.17) is 9.97 Å². The number of para-hydroxylation sites is 2. The first-order valence-electron chi connectivity index (χ1n) is 19.2. The number of fused-ring (bicyclic) bond motifs is 1. The van der Waals surface area contributed by atoms with Crippen molar-refractivity contribution in [3.8, 4) is 45.4 Å². The molecule has 0 aliphatic rings. The third-order valence-corrected chi connectivity index (χ3v) is 11.1. The van der Waals surface area contributed by atoms with Gasteiger partial charge >= 0.3 is 0 Å². The monoisotopic (exact) mass is 740 g/mol. The number of hydrogen-bond acceptors (Lipinski definition) is 5. The molecule has 0 fully saturated rings. The summed E-state index contributed by atoms with van der Waals surface area (Å²) < 4.78 is 2.37. The van der Waals surface area contributed by atoms with Crippen LogP contribution in [-0.4, -0.2) is 19.5 Å². The van der Waals surface area contributed by atoms with Gasteiger partial charge in [0.15, 0.2) is 0 Å². The highest BCUT2D eigenvalue weighted by Crippen LogP contribution is 2.43. The summed E-state index contributed by atoms with van der Waals surface area (Å²) in [6, 6.07) is 63.0. The lowest BCUT2D eigenvalue weighted by Gasteiger charge is -2.25. The average Bonchev–Trinajstić information content (AvgIpc) is 3.65. The fourth-order valence-corrected chi connectivity index (χ4v) is 8.43. The molecule has 4 heterocycles. The molecule has 0 aliphatic heterocycles. The van der Waals surface area contributed by atoms with Crippen molar-refractivity contribution >= 4 is 60.5 Å². The third-order valence-electron chi connectivity index (χ3n) is 11.1. The summed E-state index contributed by atoms with van der Waals surface area (Å²) in [5.74, 6) is 0. The maximum Gasteiger partial charge on any atom is 0.0991 e. The molecular weight excluding hydrogens is 709 g/mol. The van der Waals surface area contributed by atoms with Crippen molar-refractivity contribution in [1.82, 2.24) is 19.5 Å². The van der Waals surface area contributed by atoms with Crippen LogP contribution in [0.1, 0.15) is 5.56 Å². The van der Waals surface area contributed by atoms with Gasteiger partial charge in [0.05, 0.1) is 51.5 Å². The van der Waals surface area contributed by atoms with E-state index < -0.39 is 0 Å². The number of benzene rings is 7. The molecule has 11 rings (SSSR count). The van der Waals surface area contributed by atoms with Crippen molar-refractivity contribution in [3.63, 3.8) is 0 Å². The molecule has 0 bridgehead atoms. The quantitative estimate of drug-likeness (QED) is 0.152. The molecule has 0 saturated carbocycles. The van der Waals surface area contributed by atoms with Crippen LogP contribution in [0.2, 0.25) is 0 Å². The molecule has 0 atom stereocenters. The minimum Gasteiger partial charge on any atom is -0.309 e. The topological polar surface area (TPSA) is 70.6 Å². The first kappa shape index (κ1) is 33.2. The molecule has 58 heavy (non-hydrogen) atoms. The smallest absolute Gasteiger partial charge is 0.0991 e. The molecule has 0 unspecified atom stereocenters. The van der Waals surface area contributed by atoms with Gasteiger partial charge in [-0.15, -0.1) is 0 Å². The highest BCUT2D eigenvalue weighted by atomic mass is 15.1. The molecule has 4 aromatic heterocycles. The maximum absolute atomic E-state index is 9.50. The Morgan fingerprint density at radius 2 is 1.16 bits per heavy atom. The minimum atomic E-state index is 0.606. The number of anilines is 3. The minimum absolute atomic E-state index is 0.606. The Balaban J connectivity index is 0.929. The van der Waals surface area contributed by atoms with Crippen LogP contribution in [0.15, 0.2) is 195 Å². The van der Waals surface area contributed by atoms with Crippen molar-refractivity contribution < 1.29 is 0 Å². The Labute approximate surface area is 334 Å². The first-order valence-corrected chi connectivity index (χ1v) is 19.2. The van der Waals surface area contributed by atoms with Crippen molar-refractivity contribution in [3.05, 3.63) is 200 Å². The predicted octanol–water partition coefficient (Wildman–Crippen LogP) is 13.1. The molecule has 270 valence electrons. The number of nitriles is 1. The Hall–Kier alpha value is -8.14. The van der Waals surface area contributed by atoms with E-state index in [0.717, 1.165) is 67.3 Å². The largest absolute Gasteiger partial charge is 0.309 e. The van der Waals surface area contributed by atoms with E-state index in [2.05, 4.69) is 160 Å². The molecule has 0 aliphatic carbocycles. The van der Waals surface area contributed by atoms with Crippen molar-refractivity contribution in [1.29, 1.82) is 5.26 Å². The molecule has 6 heteroatoms. The summed E-state index contributed by atoms with van der Waals surface area (Å²) in [5.41, 5.74) is 13.8. The average molecular weight is 741 g/mol. The fourth-order valence-electron chi connectivity index (χ4n) is 8.43. The zero-order valence-electron chi connectivity index (χ0n) is 31.2. The summed E-state index contributed by atoms with van der Waals surface area (Å²) in [4.78, 5) is 16.7. The number of hydrogen-bond donors (Lipinski definition) is 0. The van der Waals surface area contributed by atoms with E-state index in [0.29, 0.717) is 5.56 Å². The molecule has 0 spiro atoms. The van der Waals surface area contributed by atoms with Crippen molar-refractivity contribution in [2.75, 3.05) is 4.90 Å². The normalized spacial score (nSPS) is 11.4. The van der Waals surface area contributed by atoms with Gasteiger partial charge < -0.3 is 9.47 Å². The first-order chi connectivity index (χ1) is 28.7. The van der Waals surface area contributed by atoms with E-state index in [1.54, 1.807) is 0 Å². The van der Waals surface area contributed by atoms with E-state index in [9.17, 15) is 5.26 Å². The molecule has 7 aromatic carbocycles. The Bertz CT molecular complexity index is 3300. The third kappa shape index (κ3) is 5.45. The van der Waals surface area contributed by atoms with Gasteiger partial charge in [0.25, 0.3) is 0 Å². The summed E-state index contributed by atoms with van der Waals surface area (Å²) in [6.45, 7) is 0. The lowest BCUT2D eigenvalue weighted by Crippen LogP contribution is -2.10. The second-order valence-corrected chi connectivity index (χ2v) is 14.4. The van der Waals surface area contributed by atoms with Gasteiger partial charge in [0, 0.05) is 56.7 Å². The number of aromatic nitrogens is 4. The van der Waals surface area contributed by atoms with Gasteiger partial charge in [-0.1, -0.05) is 91.0 Å². The molecule has 0 amide bonds. The number of rotatable bonds is 7. The van der Waals surface area contributed by atoms with Crippen LogP contribution >= 0.6 is 0 Å². The van der Waals surface area contributed by atoms with E-state index in [1.165, 1.54) is 32.6 Å². The molecule has 0 saturated heterocycles. The molecule has 0 radical (unpaired) electrons. The van der Waals surface area contributed by atoms with Crippen LogP contribution in [-0.2, 0) is 0 Å². The molecule has 11 aromatic rings. The Morgan fingerprint density at radius 1 is 0.466 bits per heavy atom. The van der Waals surface area contributed by atoms with Crippen LogP contribution in [0, 0.1) is 11.3 Å². The summed E-state index contributed by atoms with van der Waals surface area (Å²) in [6.07, 6.45) is 5.68. The van der Waals surface area contributed by atoms with Gasteiger partial charge in [0.1, 0.15) is 0 Å². The van der Waals surface area contributed by atoms with Crippen LogP contribution in [0.3, 0.4) is 0 Å². The SMILES string of the molecule is N#Cc1ccc(N(c2ccc(-c3cccc4cccnc34)cc2)c2ccc(-c3ccc(-c4ccc5c6c4ccc4cccc(c46)n5-c4ccccc4)cn3)nc2)cc1. The van der Waals surface area contributed by atoms with Gasteiger partial charge in [-0.05, 0) is 107 Å². The lowest BCUT2D eigenvalue weighted by molar-refractivity contribution is 1.18. The second kappa shape index (κ2) is 13.6. The van der Waals surface area contributed by atoms with Crippen LogP contribution in [0.25, 0.3) is 82.8 Å². The maximum atomic E-state index is 9.50. The van der Waals surface area contributed by atoms with E-state index >= 15 is 0 Å². The molecule has 6 nitrogen and oxygen atoms in total. The van der Waals surface area contributed by atoms with Gasteiger partial charge in [-0.3, -0.25) is 15.0 Å². The summed E-state index contributed by atoms with van der Waals surface area (Å²) in [5, 5.41) is 15.6. The molecule has 0 N–H and O–H groups in total. The predicted molar refractivity (Wildman–Crippen MR) is 236 cm³/mol. The Morgan fingerprint density at radius 3 is 1.91 bits per heavy atom. The molecular formula is C52H32N6. The second-order valence-electron chi connectivity index (χ2n) is 14.4. The summed E-state index contributed by atoms with van der Waals surface area (Å²) >= 11 is 0. The van der Waals surface area contributed by atoms with E-state index in [-0.39, 0.29) is 0 Å². The number of pyridine rings is 3.